The van der Waals surface area contributed by atoms with Crippen molar-refractivity contribution in [3.63, 3.8) is 0 Å². The van der Waals surface area contributed by atoms with Crippen molar-refractivity contribution in [2.75, 3.05) is 0 Å². The van der Waals surface area contributed by atoms with Gasteiger partial charge in [0.2, 0.25) is 0 Å². The lowest BCUT2D eigenvalue weighted by Crippen LogP contribution is -2.11. The highest BCUT2D eigenvalue weighted by molar-refractivity contribution is 8.45. The first-order valence-electron chi connectivity index (χ1n) is 8.02. The van der Waals surface area contributed by atoms with Gasteiger partial charge in [0, 0.05) is 29.7 Å². The predicted octanol–water partition coefficient (Wildman–Crippen LogP) is 5.49. The van der Waals surface area contributed by atoms with Gasteiger partial charge in [0.25, 0.3) is 0 Å². The second-order valence-corrected chi connectivity index (χ2v) is 8.65. The van der Waals surface area contributed by atoms with E-state index in [0.717, 1.165) is 31.2 Å². The Hall–Kier alpha value is -3.56. The summed E-state index contributed by atoms with van der Waals surface area (Å²) in [6, 6.07) is -0.733. The molecule has 172 valence electrons. The summed E-state index contributed by atoms with van der Waals surface area (Å²) in [5.74, 6) is -2.27. The molecule has 16 heteroatoms. The Kier molecular flexibility index (Phi) is 4.85. The van der Waals surface area contributed by atoms with Crippen molar-refractivity contribution in [2.45, 2.75) is 11.1 Å². The molecular weight excluding hydrogens is 478 g/mol. The van der Waals surface area contributed by atoms with Crippen LogP contribution in [0.1, 0.15) is 11.1 Å². The monoisotopic (exact) mass is 487 g/mol. The van der Waals surface area contributed by atoms with Crippen molar-refractivity contribution >= 4 is 28.0 Å². The third-order valence-electron chi connectivity index (χ3n) is 3.81. The van der Waals surface area contributed by atoms with Crippen molar-refractivity contribution in [3.05, 3.63) is 54.4 Å². The van der Waals surface area contributed by atoms with Crippen LogP contribution in [0.5, 0.6) is 0 Å². The lowest BCUT2D eigenvalue weighted by atomic mass is 10.1. The number of halogens is 8. The molecule has 0 aliphatic heterocycles. The van der Waals surface area contributed by atoms with Gasteiger partial charge >= 0.3 is 22.4 Å². The third-order valence-corrected chi connectivity index (χ3v) is 4.94. The summed E-state index contributed by atoms with van der Waals surface area (Å²) in [5, 5.41) is 12.9. The van der Waals surface area contributed by atoms with Crippen molar-refractivity contribution in [1.82, 2.24) is 24.7 Å². The van der Waals surface area contributed by atoms with E-state index in [1.165, 1.54) is 0 Å². The molecule has 2 aromatic heterocycles. The highest BCUT2D eigenvalue weighted by Crippen LogP contribution is 3.02. The SMILES string of the molecule is O=C(O)/C(=C/n1cnc(-c2cc(C(F)(F)F)cc(S(F)(F)(F)(F)F)c2)n1)c1cncnc1. The smallest absolute Gasteiger partial charge is 0.416 e. The van der Waals surface area contributed by atoms with Gasteiger partial charge in [0.1, 0.15) is 17.6 Å². The number of benzene rings is 1. The fraction of sp³-hybridized carbons (Fsp3) is 0.0625. The number of hydrogen-bond donors (Lipinski definition) is 1. The molecule has 1 aromatic carbocycles. The quantitative estimate of drug-likeness (QED) is 0.378. The Morgan fingerprint density at radius 3 is 2.19 bits per heavy atom. The van der Waals surface area contributed by atoms with E-state index in [0.29, 0.717) is 4.68 Å². The average molecular weight is 487 g/mol. The van der Waals surface area contributed by atoms with E-state index in [9.17, 15) is 42.5 Å². The standard InChI is InChI=1S/C16H9F8N5O2S/c17-16(18,19)11-1-9(2-12(3-11)32(20,21,22,23)24)14-27-8-29(28-14)6-13(15(30)31)10-4-25-7-26-5-10/h1-8H,(H,30,31)/b13-6+. The van der Waals surface area contributed by atoms with Gasteiger partial charge in [-0.05, 0) is 18.2 Å². The van der Waals surface area contributed by atoms with Crippen LogP contribution >= 0.6 is 10.2 Å². The van der Waals surface area contributed by atoms with Crippen LogP contribution in [-0.4, -0.2) is 35.8 Å². The van der Waals surface area contributed by atoms with Gasteiger partial charge in [-0.15, -0.1) is 5.10 Å². The van der Waals surface area contributed by atoms with Crippen LogP contribution in [0.4, 0.5) is 32.6 Å². The second-order valence-electron chi connectivity index (χ2n) is 6.24. The molecule has 0 radical (unpaired) electrons. The van der Waals surface area contributed by atoms with Gasteiger partial charge in [-0.2, -0.15) is 13.2 Å². The zero-order valence-corrected chi connectivity index (χ0v) is 16.0. The molecule has 0 fully saturated rings. The first-order chi connectivity index (χ1) is 14.4. The number of aromatic nitrogens is 5. The minimum absolute atomic E-state index is 0.000631. The maximum atomic E-state index is 13.2. The molecular formula is C16H9F8N5O2S. The van der Waals surface area contributed by atoms with Crippen molar-refractivity contribution < 1.29 is 42.5 Å². The van der Waals surface area contributed by atoms with Gasteiger partial charge in [-0.3, -0.25) is 0 Å². The first kappa shape index (κ1) is 23.1. The first-order valence-corrected chi connectivity index (χ1v) is 9.97. The number of rotatable bonds is 5. The van der Waals surface area contributed by atoms with Crippen LogP contribution in [0, 0.1) is 0 Å². The highest BCUT2D eigenvalue weighted by atomic mass is 32.5. The van der Waals surface area contributed by atoms with Gasteiger partial charge in [0.15, 0.2) is 5.82 Å². The molecule has 0 amide bonds. The van der Waals surface area contributed by atoms with Crippen LogP contribution in [0.2, 0.25) is 0 Å². The number of carbonyl (C=O) groups is 1. The maximum absolute atomic E-state index is 13.2. The lowest BCUT2D eigenvalue weighted by Gasteiger charge is -2.40. The second kappa shape index (κ2) is 6.72. The van der Waals surface area contributed by atoms with E-state index in [-0.39, 0.29) is 17.7 Å². The molecule has 32 heavy (non-hydrogen) atoms. The summed E-state index contributed by atoms with van der Waals surface area (Å²) in [6.45, 7) is 0. The van der Waals surface area contributed by atoms with E-state index < -0.39 is 55.9 Å². The minimum Gasteiger partial charge on any atom is -0.478 e. The van der Waals surface area contributed by atoms with Crippen molar-refractivity contribution in [2.24, 2.45) is 0 Å². The molecule has 0 atom stereocenters. The van der Waals surface area contributed by atoms with Gasteiger partial charge in [-0.25, -0.2) is 24.4 Å². The molecule has 0 aliphatic carbocycles. The van der Waals surface area contributed by atoms with Crippen LogP contribution in [0.25, 0.3) is 23.2 Å². The van der Waals surface area contributed by atoms with E-state index in [1.54, 1.807) is 0 Å². The van der Waals surface area contributed by atoms with E-state index in [2.05, 4.69) is 20.1 Å². The topological polar surface area (TPSA) is 93.8 Å². The number of carboxylic acids is 1. The fourth-order valence-electron chi connectivity index (χ4n) is 2.41. The fourth-order valence-corrected chi connectivity index (χ4v) is 3.11. The molecule has 0 unspecified atom stereocenters. The number of carboxylic acid groups (broad SMARTS) is 1. The molecule has 7 nitrogen and oxygen atoms in total. The van der Waals surface area contributed by atoms with E-state index in [4.69, 9.17) is 0 Å². The normalized spacial score (nSPS) is 15.2. The van der Waals surface area contributed by atoms with Crippen molar-refractivity contribution in [1.29, 1.82) is 0 Å². The molecule has 1 N–H and O–H groups in total. The molecule has 0 bridgehead atoms. The Balaban J connectivity index is 2.14. The summed E-state index contributed by atoms with van der Waals surface area (Å²) in [6.07, 6.45) is -0.421. The van der Waals surface area contributed by atoms with Crippen LogP contribution in [-0.2, 0) is 11.0 Å². The molecule has 0 spiro atoms. The zero-order chi connectivity index (χ0) is 24.0. The largest absolute Gasteiger partial charge is 0.478 e. The Morgan fingerprint density at radius 1 is 1.03 bits per heavy atom. The summed E-state index contributed by atoms with van der Waals surface area (Å²) >= 11 is 0. The van der Waals surface area contributed by atoms with Gasteiger partial charge in [0.05, 0.1) is 11.1 Å². The number of hydrogen-bond acceptors (Lipinski definition) is 5. The molecule has 3 rings (SSSR count). The molecule has 0 saturated heterocycles. The number of aliphatic carboxylic acids is 1. The third kappa shape index (κ3) is 5.19. The molecule has 0 aliphatic rings. The zero-order valence-electron chi connectivity index (χ0n) is 15.1. The predicted molar refractivity (Wildman–Crippen MR) is 95.7 cm³/mol. The van der Waals surface area contributed by atoms with Gasteiger partial charge in [-0.1, -0.05) is 19.4 Å². The van der Waals surface area contributed by atoms with Crippen LogP contribution in [0.3, 0.4) is 0 Å². The Bertz CT molecular complexity index is 1220. The molecule has 0 saturated carbocycles. The van der Waals surface area contributed by atoms with Crippen LogP contribution in [0.15, 0.2) is 48.1 Å². The number of alkyl halides is 3. The average Bonchev–Trinajstić information content (AvgIpc) is 3.12. The summed E-state index contributed by atoms with van der Waals surface area (Å²) < 4.78 is 106. The van der Waals surface area contributed by atoms with Crippen molar-refractivity contribution in [3.8, 4) is 11.4 Å². The summed E-state index contributed by atoms with van der Waals surface area (Å²) in [7, 11) is -10.5. The minimum atomic E-state index is -10.5. The van der Waals surface area contributed by atoms with Gasteiger partial charge < -0.3 is 5.11 Å². The van der Waals surface area contributed by atoms with E-state index >= 15 is 0 Å². The highest BCUT2D eigenvalue weighted by Gasteiger charge is 2.66. The Labute approximate surface area is 172 Å². The lowest BCUT2D eigenvalue weighted by molar-refractivity contribution is -0.137. The number of nitrogens with zero attached hydrogens (tertiary/aromatic N) is 5. The molecule has 2 heterocycles. The summed E-state index contributed by atoms with van der Waals surface area (Å²) in [5.41, 5.74) is -3.44. The van der Waals surface area contributed by atoms with Crippen LogP contribution < -0.4 is 0 Å². The maximum Gasteiger partial charge on any atom is 0.416 e. The summed E-state index contributed by atoms with van der Waals surface area (Å²) in [4.78, 5) is 19.4. The van der Waals surface area contributed by atoms with E-state index in [1.807, 2.05) is 0 Å². The Morgan fingerprint density at radius 2 is 1.66 bits per heavy atom. The molecule has 3 aromatic rings.